The Labute approximate surface area is 243 Å². The summed E-state index contributed by atoms with van der Waals surface area (Å²) in [6.07, 6.45) is 5.54. The maximum absolute atomic E-state index is 13.6. The fourth-order valence-corrected chi connectivity index (χ4v) is 6.88. The topological polar surface area (TPSA) is 90.9 Å². The van der Waals surface area contributed by atoms with Crippen molar-refractivity contribution in [3.05, 3.63) is 69.7 Å². The van der Waals surface area contributed by atoms with Crippen LogP contribution in [0.5, 0.6) is 0 Å². The van der Waals surface area contributed by atoms with Crippen molar-refractivity contribution < 1.29 is 19.4 Å². The fraction of sp³-hybridized carbons (Fsp3) is 0.562. The first-order valence-electron chi connectivity index (χ1n) is 14.6. The van der Waals surface area contributed by atoms with Crippen LogP contribution in [0.15, 0.2) is 42.5 Å². The van der Waals surface area contributed by atoms with Crippen molar-refractivity contribution in [1.29, 1.82) is 0 Å². The zero-order valence-corrected chi connectivity index (χ0v) is 24.8. The molecule has 1 saturated carbocycles. The summed E-state index contributed by atoms with van der Waals surface area (Å²) < 4.78 is 4.72. The molecule has 1 aliphatic heterocycles. The van der Waals surface area contributed by atoms with Gasteiger partial charge in [0.15, 0.2) is 0 Å². The van der Waals surface area contributed by atoms with E-state index in [9.17, 15) is 14.7 Å². The van der Waals surface area contributed by atoms with Crippen molar-refractivity contribution in [3.8, 4) is 0 Å². The van der Waals surface area contributed by atoms with Crippen molar-refractivity contribution in [2.75, 3.05) is 33.8 Å². The van der Waals surface area contributed by atoms with Gasteiger partial charge in [-0.05, 0) is 88.1 Å². The average Bonchev–Trinajstić information content (AvgIpc) is 3.45. The van der Waals surface area contributed by atoms with E-state index < -0.39 is 11.7 Å². The molecule has 2 aromatic carbocycles. The molecular formula is C32H44ClN3O4. The summed E-state index contributed by atoms with van der Waals surface area (Å²) in [6.45, 7) is 3.68. The van der Waals surface area contributed by atoms with E-state index >= 15 is 0 Å². The van der Waals surface area contributed by atoms with Gasteiger partial charge in [0.2, 0.25) is 5.91 Å². The lowest BCUT2D eigenvalue weighted by Crippen LogP contribution is -2.50. The molecule has 2 amide bonds. The maximum Gasteiger partial charge on any atom is 0.406 e. The van der Waals surface area contributed by atoms with Crippen LogP contribution in [0.4, 0.5) is 4.79 Å². The number of amides is 2. The SMILES string of the molecule is CN[C@@H]1CC[C@@H](C(=O)N2CCCC([C@@](O)(CCCNC(=O)OC)c3cccc(Cl)c3Cc3cccc(C)c3)C2)C1. The lowest BCUT2D eigenvalue weighted by Gasteiger charge is -2.44. The van der Waals surface area contributed by atoms with Gasteiger partial charge in [-0.3, -0.25) is 4.79 Å². The maximum atomic E-state index is 13.6. The molecule has 2 aromatic rings. The predicted molar refractivity (Wildman–Crippen MR) is 158 cm³/mol. The Balaban J connectivity index is 1.63. The third kappa shape index (κ3) is 7.17. The third-order valence-corrected chi connectivity index (χ3v) is 9.19. The number of carbonyl (C=O) groups is 2. The number of benzene rings is 2. The summed E-state index contributed by atoms with van der Waals surface area (Å²) in [7, 11) is 3.30. The number of nitrogens with zero attached hydrogens (tertiary/aromatic N) is 1. The van der Waals surface area contributed by atoms with Crippen LogP contribution in [0.1, 0.15) is 67.2 Å². The van der Waals surface area contributed by atoms with Crippen LogP contribution >= 0.6 is 11.6 Å². The molecule has 0 aromatic heterocycles. The number of hydrogen-bond acceptors (Lipinski definition) is 5. The second kappa shape index (κ2) is 13.8. The Bertz CT molecular complexity index is 1170. The molecule has 218 valence electrons. The molecule has 0 bridgehead atoms. The Morgan fingerprint density at radius 3 is 2.70 bits per heavy atom. The molecule has 1 unspecified atom stereocenters. The fourth-order valence-electron chi connectivity index (χ4n) is 6.64. The molecule has 0 radical (unpaired) electrons. The summed E-state index contributed by atoms with van der Waals surface area (Å²) in [5.41, 5.74) is 2.81. The number of ether oxygens (including phenoxy) is 1. The lowest BCUT2D eigenvalue weighted by molar-refractivity contribution is -0.141. The second-order valence-corrected chi connectivity index (χ2v) is 11.9. The van der Waals surface area contributed by atoms with E-state index in [4.69, 9.17) is 16.3 Å². The van der Waals surface area contributed by atoms with Crippen LogP contribution in [0.25, 0.3) is 0 Å². The Hall–Kier alpha value is -2.61. The quantitative estimate of drug-likeness (QED) is 0.343. The normalized spacial score (nSPS) is 22.5. The molecule has 3 N–H and O–H groups in total. The molecular weight excluding hydrogens is 526 g/mol. The standard InChI is InChI=1S/C32H44ClN3O4/c1-22-8-4-9-23(18-22)19-27-28(11-5-12-29(27)33)32(39,15-7-16-35-31(38)40-3)25-10-6-17-36(21-25)30(37)24-13-14-26(20-24)34-2/h4-5,8-9,11-12,18,24-26,34,39H,6-7,10,13-17,19-21H2,1-3H3,(H,35,38)/t24-,25?,26-,32+/m1/s1. The van der Waals surface area contributed by atoms with Crippen LogP contribution in [-0.4, -0.2) is 61.8 Å². The highest BCUT2D eigenvalue weighted by molar-refractivity contribution is 6.31. The van der Waals surface area contributed by atoms with Gasteiger partial charge in [0.1, 0.15) is 0 Å². The molecule has 8 heteroatoms. The highest BCUT2D eigenvalue weighted by atomic mass is 35.5. The van der Waals surface area contributed by atoms with E-state index in [1.165, 1.54) is 12.7 Å². The van der Waals surface area contributed by atoms with E-state index in [0.29, 0.717) is 43.4 Å². The Kier molecular flexibility index (Phi) is 10.5. The number of nitrogens with one attached hydrogen (secondary N) is 2. The van der Waals surface area contributed by atoms with Gasteiger partial charge in [-0.25, -0.2) is 4.79 Å². The number of likely N-dealkylation sites (tertiary alicyclic amines) is 1. The third-order valence-electron chi connectivity index (χ3n) is 8.84. The van der Waals surface area contributed by atoms with E-state index in [0.717, 1.165) is 55.3 Å². The highest BCUT2D eigenvalue weighted by Crippen LogP contribution is 2.43. The van der Waals surface area contributed by atoms with Crippen LogP contribution in [-0.2, 0) is 21.6 Å². The van der Waals surface area contributed by atoms with Crippen molar-refractivity contribution in [3.63, 3.8) is 0 Å². The number of aliphatic hydroxyl groups is 1. The van der Waals surface area contributed by atoms with E-state index in [2.05, 4.69) is 35.8 Å². The van der Waals surface area contributed by atoms with Crippen molar-refractivity contribution >= 4 is 23.6 Å². The summed E-state index contributed by atoms with van der Waals surface area (Å²) >= 11 is 6.82. The molecule has 4 rings (SSSR count). The van der Waals surface area contributed by atoms with Gasteiger partial charge in [-0.1, -0.05) is 53.6 Å². The molecule has 2 fully saturated rings. The number of piperidine rings is 1. The van der Waals surface area contributed by atoms with Gasteiger partial charge >= 0.3 is 6.09 Å². The van der Waals surface area contributed by atoms with E-state index in [1.54, 1.807) is 0 Å². The van der Waals surface area contributed by atoms with E-state index in [1.807, 2.05) is 36.2 Å². The molecule has 0 spiro atoms. The first-order valence-corrected chi connectivity index (χ1v) is 15.0. The van der Waals surface area contributed by atoms with Gasteiger partial charge in [-0.2, -0.15) is 0 Å². The van der Waals surface area contributed by atoms with Crippen molar-refractivity contribution in [2.45, 2.75) is 69.9 Å². The number of alkyl carbamates (subject to hydrolysis) is 1. The minimum absolute atomic E-state index is 0.0385. The zero-order valence-electron chi connectivity index (χ0n) is 24.0. The smallest absolute Gasteiger partial charge is 0.406 e. The van der Waals surface area contributed by atoms with Gasteiger partial charge < -0.3 is 25.4 Å². The summed E-state index contributed by atoms with van der Waals surface area (Å²) in [5.74, 6) is 0.0967. The first kappa shape index (κ1) is 30.4. The monoisotopic (exact) mass is 569 g/mol. The number of hydrogen-bond donors (Lipinski definition) is 3. The van der Waals surface area contributed by atoms with Gasteiger partial charge in [0, 0.05) is 42.5 Å². The zero-order chi connectivity index (χ0) is 28.7. The molecule has 1 saturated heterocycles. The number of halogens is 1. The highest BCUT2D eigenvalue weighted by Gasteiger charge is 2.44. The minimum atomic E-state index is -1.22. The molecule has 1 heterocycles. The molecule has 1 aliphatic carbocycles. The second-order valence-electron chi connectivity index (χ2n) is 11.5. The van der Waals surface area contributed by atoms with Crippen LogP contribution in [0.3, 0.4) is 0 Å². The minimum Gasteiger partial charge on any atom is -0.453 e. The molecule has 7 nitrogen and oxygen atoms in total. The van der Waals surface area contributed by atoms with Crippen LogP contribution in [0, 0.1) is 18.8 Å². The largest absolute Gasteiger partial charge is 0.453 e. The Morgan fingerprint density at radius 1 is 1.18 bits per heavy atom. The van der Waals surface area contributed by atoms with E-state index in [-0.39, 0.29) is 17.7 Å². The van der Waals surface area contributed by atoms with Gasteiger partial charge in [0.05, 0.1) is 12.7 Å². The molecule has 2 aliphatic rings. The number of methoxy groups -OCH3 is 1. The van der Waals surface area contributed by atoms with Gasteiger partial charge in [0.25, 0.3) is 0 Å². The summed E-state index contributed by atoms with van der Waals surface area (Å²) in [4.78, 5) is 27.2. The average molecular weight is 570 g/mol. The summed E-state index contributed by atoms with van der Waals surface area (Å²) in [5, 5.41) is 19.3. The van der Waals surface area contributed by atoms with Crippen LogP contribution in [0.2, 0.25) is 5.02 Å². The molecule has 40 heavy (non-hydrogen) atoms. The Morgan fingerprint density at radius 2 is 1.98 bits per heavy atom. The van der Waals surface area contributed by atoms with Crippen molar-refractivity contribution in [2.24, 2.45) is 11.8 Å². The van der Waals surface area contributed by atoms with Gasteiger partial charge in [-0.15, -0.1) is 0 Å². The number of carbonyl (C=O) groups excluding carboxylic acids is 2. The lowest BCUT2D eigenvalue weighted by atomic mass is 9.72. The number of aryl methyl sites for hydroxylation is 1. The summed E-state index contributed by atoms with van der Waals surface area (Å²) in [6, 6.07) is 14.5. The van der Waals surface area contributed by atoms with Crippen LogP contribution < -0.4 is 10.6 Å². The number of rotatable bonds is 10. The predicted octanol–water partition coefficient (Wildman–Crippen LogP) is 5.19. The molecule has 4 atom stereocenters. The first-order chi connectivity index (χ1) is 19.2. The van der Waals surface area contributed by atoms with Crippen molar-refractivity contribution in [1.82, 2.24) is 15.5 Å².